The lowest BCUT2D eigenvalue weighted by atomic mass is 10.0. The van der Waals surface area contributed by atoms with Gasteiger partial charge in [-0.15, -0.1) is 0 Å². The molecular formula is C18H18BrNO2. The summed E-state index contributed by atoms with van der Waals surface area (Å²) in [6, 6.07) is 15.2. The molecule has 2 N–H and O–H groups in total. The second kappa shape index (κ2) is 7.27. The fourth-order valence-corrected chi connectivity index (χ4v) is 2.76. The van der Waals surface area contributed by atoms with Crippen LogP contribution in [0.4, 0.5) is 5.69 Å². The van der Waals surface area contributed by atoms with Crippen molar-refractivity contribution in [2.45, 2.75) is 20.3 Å². The Hall–Kier alpha value is -2.07. The Bertz CT molecular complexity index is 723. The number of carboxylic acids is 1. The van der Waals surface area contributed by atoms with E-state index in [-0.39, 0.29) is 0 Å². The number of para-hydroxylation sites is 1. The van der Waals surface area contributed by atoms with Crippen LogP contribution in [-0.2, 0) is 4.79 Å². The van der Waals surface area contributed by atoms with Gasteiger partial charge in [0.2, 0.25) is 0 Å². The van der Waals surface area contributed by atoms with Gasteiger partial charge < -0.3 is 10.4 Å². The Kier molecular flexibility index (Phi) is 5.39. The zero-order chi connectivity index (χ0) is 16.1. The summed E-state index contributed by atoms with van der Waals surface area (Å²) in [7, 11) is 0. The summed E-state index contributed by atoms with van der Waals surface area (Å²) in [5.74, 6) is -0.940. The average Bonchev–Trinajstić information content (AvgIpc) is 2.50. The Morgan fingerprint density at radius 1 is 1.14 bits per heavy atom. The first-order valence-corrected chi connectivity index (χ1v) is 7.88. The summed E-state index contributed by atoms with van der Waals surface area (Å²) >= 11 is 3.44. The monoisotopic (exact) mass is 359 g/mol. The van der Waals surface area contributed by atoms with Crippen molar-refractivity contribution in [1.82, 2.24) is 0 Å². The third-order valence-corrected chi connectivity index (χ3v) is 4.13. The number of halogens is 1. The van der Waals surface area contributed by atoms with E-state index in [2.05, 4.69) is 21.2 Å². The molecule has 114 valence electrons. The van der Waals surface area contributed by atoms with E-state index in [0.29, 0.717) is 23.3 Å². The lowest BCUT2D eigenvalue weighted by Crippen LogP contribution is -2.10. The van der Waals surface area contributed by atoms with Gasteiger partial charge in [-0.3, -0.25) is 0 Å². The smallest absolute Gasteiger partial charge is 0.338 e. The molecule has 3 nitrogen and oxygen atoms in total. The second-order valence-corrected chi connectivity index (χ2v) is 5.79. The van der Waals surface area contributed by atoms with Crippen LogP contribution in [0.15, 0.2) is 58.7 Å². The molecule has 0 unspecified atom stereocenters. The third kappa shape index (κ3) is 3.57. The van der Waals surface area contributed by atoms with Crippen LogP contribution in [0.2, 0.25) is 0 Å². The van der Waals surface area contributed by atoms with E-state index in [0.717, 1.165) is 15.7 Å². The van der Waals surface area contributed by atoms with Gasteiger partial charge in [-0.05, 0) is 31.0 Å². The Morgan fingerprint density at radius 2 is 1.77 bits per heavy atom. The average molecular weight is 360 g/mol. The molecule has 0 heterocycles. The molecule has 0 saturated heterocycles. The van der Waals surface area contributed by atoms with Crippen molar-refractivity contribution >= 4 is 33.2 Å². The molecule has 0 radical (unpaired) electrons. The molecule has 0 aliphatic rings. The fourth-order valence-electron chi connectivity index (χ4n) is 2.27. The number of aliphatic carboxylic acids is 1. The first kappa shape index (κ1) is 16.3. The minimum Gasteiger partial charge on any atom is -0.478 e. The number of aryl methyl sites for hydroxylation is 1. The quantitative estimate of drug-likeness (QED) is 0.732. The Morgan fingerprint density at radius 3 is 2.36 bits per heavy atom. The topological polar surface area (TPSA) is 49.3 Å². The number of hydrogen-bond donors (Lipinski definition) is 2. The Labute approximate surface area is 138 Å². The predicted octanol–water partition coefficient (Wildman–Crippen LogP) is 5.08. The van der Waals surface area contributed by atoms with Gasteiger partial charge >= 0.3 is 5.97 Å². The highest BCUT2D eigenvalue weighted by Crippen LogP contribution is 2.29. The van der Waals surface area contributed by atoms with Gasteiger partial charge in [-0.1, -0.05) is 59.3 Å². The lowest BCUT2D eigenvalue weighted by molar-refractivity contribution is -0.130. The maximum Gasteiger partial charge on any atom is 0.338 e. The van der Waals surface area contributed by atoms with E-state index < -0.39 is 5.97 Å². The van der Waals surface area contributed by atoms with Gasteiger partial charge in [-0.2, -0.15) is 0 Å². The summed E-state index contributed by atoms with van der Waals surface area (Å²) < 4.78 is 0.768. The van der Waals surface area contributed by atoms with Gasteiger partial charge in [0, 0.05) is 21.4 Å². The summed E-state index contributed by atoms with van der Waals surface area (Å²) in [5, 5.41) is 13.0. The van der Waals surface area contributed by atoms with E-state index in [4.69, 9.17) is 0 Å². The summed E-state index contributed by atoms with van der Waals surface area (Å²) in [5.41, 5.74) is 3.65. The molecule has 2 aromatic rings. The van der Waals surface area contributed by atoms with E-state index >= 15 is 0 Å². The van der Waals surface area contributed by atoms with Crippen LogP contribution in [0, 0.1) is 6.92 Å². The highest BCUT2D eigenvalue weighted by Gasteiger charge is 2.18. The minimum atomic E-state index is -0.940. The molecule has 4 heteroatoms. The van der Waals surface area contributed by atoms with Crippen LogP contribution < -0.4 is 5.32 Å². The number of benzene rings is 2. The van der Waals surface area contributed by atoms with E-state index in [1.54, 1.807) is 0 Å². The molecule has 0 aromatic heterocycles. The maximum atomic E-state index is 11.8. The van der Waals surface area contributed by atoms with Crippen molar-refractivity contribution in [1.29, 1.82) is 0 Å². The number of nitrogens with one attached hydrogen (secondary N) is 1. The molecular weight excluding hydrogens is 342 g/mol. The zero-order valence-corrected chi connectivity index (χ0v) is 14.1. The number of allylic oxidation sites excluding steroid dienone is 1. The number of hydrogen-bond acceptors (Lipinski definition) is 2. The van der Waals surface area contributed by atoms with E-state index in [1.165, 1.54) is 0 Å². The van der Waals surface area contributed by atoms with Gasteiger partial charge in [0.1, 0.15) is 0 Å². The minimum absolute atomic E-state index is 0.290. The van der Waals surface area contributed by atoms with E-state index in [9.17, 15) is 9.90 Å². The molecule has 0 saturated carbocycles. The van der Waals surface area contributed by atoms with Gasteiger partial charge in [0.25, 0.3) is 0 Å². The van der Waals surface area contributed by atoms with Gasteiger partial charge in [-0.25, -0.2) is 4.79 Å². The maximum absolute atomic E-state index is 11.8. The predicted molar refractivity (Wildman–Crippen MR) is 93.8 cm³/mol. The van der Waals surface area contributed by atoms with Crippen molar-refractivity contribution < 1.29 is 9.90 Å². The highest BCUT2D eigenvalue weighted by molar-refractivity contribution is 9.10. The summed E-state index contributed by atoms with van der Waals surface area (Å²) in [4.78, 5) is 11.8. The molecule has 0 aliphatic heterocycles. The van der Waals surface area contributed by atoms with Crippen LogP contribution >= 0.6 is 15.9 Å². The molecule has 0 bridgehead atoms. The standard InChI is InChI=1S/C18H18BrNO2/c1-3-15(20-16-11-7-4-8-12(16)2)17(18(21)22)13-9-5-6-10-14(13)19/h4-11,20H,3H2,1-2H3,(H,21,22). The molecule has 2 aromatic carbocycles. The van der Waals surface area contributed by atoms with Crippen molar-refractivity contribution in [3.05, 3.63) is 69.8 Å². The first-order chi connectivity index (χ1) is 10.5. The normalized spacial score (nSPS) is 11.8. The zero-order valence-electron chi connectivity index (χ0n) is 12.6. The van der Waals surface area contributed by atoms with E-state index in [1.807, 2.05) is 62.4 Å². The van der Waals surface area contributed by atoms with Crippen molar-refractivity contribution in [2.24, 2.45) is 0 Å². The van der Waals surface area contributed by atoms with Crippen LogP contribution in [0.25, 0.3) is 5.57 Å². The molecule has 2 rings (SSSR count). The number of rotatable bonds is 5. The molecule has 0 spiro atoms. The van der Waals surface area contributed by atoms with Crippen LogP contribution in [-0.4, -0.2) is 11.1 Å². The fraction of sp³-hybridized carbons (Fsp3) is 0.167. The van der Waals surface area contributed by atoms with Crippen molar-refractivity contribution in [2.75, 3.05) is 5.32 Å². The first-order valence-electron chi connectivity index (χ1n) is 7.08. The molecule has 0 aliphatic carbocycles. The SMILES string of the molecule is CCC(Nc1ccccc1C)=C(C(=O)O)c1ccccc1Br. The molecule has 0 amide bonds. The summed E-state index contributed by atoms with van der Waals surface area (Å²) in [6.45, 7) is 3.94. The molecule has 0 atom stereocenters. The number of carbonyl (C=O) groups is 1. The lowest BCUT2D eigenvalue weighted by Gasteiger charge is -2.16. The Balaban J connectivity index is 2.55. The number of anilines is 1. The highest BCUT2D eigenvalue weighted by atomic mass is 79.9. The molecule has 22 heavy (non-hydrogen) atoms. The second-order valence-electron chi connectivity index (χ2n) is 4.93. The summed E-state index contributed by atoms with van der Waals surface area (Å²) in [6.07, 6.45) is 0.595. The largest absolute Gasteiger partial charge is 0.478 e. The van der Waals surface area contributed by atoms with Crippen molar-refractivity contribution in [3.63, 3.8) is 0 Å². The van der Waals surface area contributed by atoms with Gasteiger partial charge in [0.05, 0.1) is 5.57 Å². The van der Waals surface area contributed by atoms with Crippen LogP contribution in [0.5, 0.6) is 0 Å². The molecule has 0 fully saturated rings. The third-order valence-electron chi connectivity index (χ3n) is 3.44. The van der Waals surface area contributed by atoms with Crippen molar-refractivity contribution in [3.8, 4) is 0 Å². The van der Waals surface area contributed by atoms with Gasteiger partial charge in [0.15, 0.2) is 0 Å². The van der Waals surface area contributed by atoms with Crippen LogP contribution in [0.1, 0.15) is 24.5 Å². The van der Waals surface area contributed by atoms with Crippen LogP contribution in [0.3, 0.4) is 0 Å². The number of carboxylic acid groups (broad SMARTS) is 1.